The molecule has 0 aliphatic carbocycles. The molecule has 16 heavy (non-hydrogen) atoms. The van der Waals surface area contributed by atoms with Crippen LogP contribution in [0.3, 0.4) is 0 Å². The summed E-state index contributed by atoms with van der Waals surface area (Å²) in [5.74, 6) is -5.08. The monoisotopic (exact) mass is 352 g/mol. The first-order valence-electron chi connectivity index (χ1n) is 3.63. The van der Waals surface area contributed by atoms with Gasteiger partial charge in [-0.2, -0.15) is 22.0 Å². The molecule has 1 heterocycles. The molecule has 0 N–H and O–H groups in total. The lowest BCUT2D eigenvalue weighted by atomic mass is 10.2. The number of alkyl halides is 5. The van der Waals surface area contributed by atoms with Gasteiger partial charge in [-0.3, -0.25) is 4.79 Å². The molecular weight excluding hydrogens is 350 g/mol. The fourth-order valence-electron chi connectivity index (χ4n) is 0.757. The third-order valence-corrected chi connectivity index (χ3v) is 2.43. The van der Waals surface area contributed by atoms with E-state index in [0.29, 0.717) is 6.07 Å². The molecule has 0 amide bonds. The van der Waals surface area contributed by atoms with Gasteiger partial charge in [-0.1, -0.05) is 0 Å². The van der Waals surface area contributed by atoms with E-state index in [1.807, 2.05) is 0 Å². The van der Waals surface area contributed by atoms with Crippen molar-refractivity contribution in [2.24, 2.45) is 0 Å². The molecule has 1 aromatic rings. The predicted octanol–water partition coefficient (Wildman–Crippen LogP) is 2.55. The van der Waals surface area contributed by atoms with Gasteiger partial charge in [0.2, 0.25) is 0 Å². The smallest absolute Gasteiger partial charge is 0.296 e. The summed E-state index contributed by atoms with van der Waals surface area (Å²) in [4.78, 5) is 10.3. The van der Waals surface area contributed by atoms with Gasteiger partial charge in [-0.25, -0.2) is 0 Å². The van der Waals surface area contributed by atoms with Crippen LogP contribution in [0.25, 0.3) is 0 Å². The van der Waals surface area contributed by atoms with E-state index < -0.39 is 17.8 Å². The summed E-state index contributed by atoms with van der Waals surface area (Å²) in [6, 6.07) is 0.477. The van der Waals surface area contributed by atoms with Crippen molar-refractivity contribution in [3.63, 3.8) is 0 Å². The fourth-order valence-corrected chi connectivity index (χ4v) is 1.29. The summed E-state index contributed by atoms with van der Waals surface area (Å²) < 4.78 is 61.2. The molecule has 0 radical (unpaired) electrons. The van der Waals surface area contributed by atoms with Crippen LogP contribution < -0.4 is 0 Å². The molecule has 1 rings (SSSR count). The maximum Gasteiger partial charge on any atom is 0.459 e. The summed E-state index contributed by atoms with van der Waals surface area (Å²) in [5.41, 5.74) is -1.82. The zero-order valence-corrected chi connectivity index (χ0v) is 9.38. The summed E-state index contributed by atoms with van der Waals surface area (Å²) in [5, 5.41) is 5.66. The van der Waals surface area contributed by atoms with Crippen molar-refractivity contribution in [2.45, 2.75) is 12.1 Å². The minimum absolute atomic E-state index is 0.124. The van der Waals surface area contributed by atoms with Crippen LogP contribution >= 0.6 is 22.6 Å². The van der Waals surface area contributed by atoms with Gasteiger partial charge in [0.05, 0.1) is 0 Å². The van der Waals surface area contributed by atoms with E-state index in [4.69, 9.17) is 0 Å². The van der Waals surface area contributed by atoms with Gasteiger partial charge in [0.1, 0.15) is 11.4 Å². The molecule has 0 aliphatic heterocycles. The molecule has 0 unspecified atom stereocenters. The summed E-state index contributed by atoms with van der Waals surface area (Å²) in [6.45, 7) is 0. The Morgan fingerprint density at radius 2 is 1.75 bits per heavy atom. The molecule has 0 bridgehead atoms. The van der Waals surface area contributed by atoms with Crippen LogP contribution in [0, 0.1) is 3.57 Å². The molecule has 88 valence electrons. The molecule has 0 aromatic carbocycles. The van der Waals surface area contributed by atoms with Crippen LogP contribution in [-0.2, 0) is 5.92 Å². The lowest BCUT2D eigenvalue weighted by Gasteiger charge is -2.18. The quantitative estimate of drug-likeness (QED) is 0.467. The lowest BCUT2D eigenvalue weighted by Crippen LogP contribution is -2.35. The van der Waals surface area contributed by atoms with Crippen LogP contribution in [-0.4, -0.2) is 22.7 Å². The average Bonchev–Trinajstić information content (AvgIpc) is 2.15. The molecule has 0 saturated carbocycles. The Morgan fingerprint density at radius 1 is 1.19 bits per heavy atom. The van der Waals surface area contributed by atoms with Gasteiger partial charge < -0.3 is 0 Å². The van der Waals surface area contributed by atoms with Gasteiger partial charge in [0.25, 0.3) is 0 Å². The highest BCUT2D eigenvalue weighted by molar-refractivity contribution is 14.1. The van der Waals surface area contributed by atoms with Crippen LogP contribution in [0.5, 0.6) is 0 Å². The highest BCUT2D eigenvalue weighted by atomic mass is 127. The number of carbonyl (C=O) groups excluding carboxylic acids is 1. The van der Waals surface area contributed by atoms with Crippen LogP contribution in [0.2, 0.25) is 0 Å². The van der Waals surface area contributed by atoms with E-state index in [1.54, 1.807) is 0 Å². The third-order valence-electron chi connectivity index (χ3n) is 1.56. The molecular formula is C7H2F5IN2O. The minimum Gasteiger partial charge on any atom is -0.296 e. The Hall–Kier alpha value is -0.870. The number of rotatable bonds is 2. The van der Waals surface area contributed by atoms with Crippen molar-refractivity contribution in [3.8, 4) is 0 Å². The highest BCUT2D eigenvalue weighted by Gasteiger charge is 2.60. The van der Waals surface area contributed by atoms with Gasteiger partial charge in [-0.15, -0.1) is 10.2 Å². The van der Waals surface area contributed by atoms with Crippen LogP contribution in [0.1, 0.15) is 16.2 Å². The van der Waals surface area contributed by atoms with E-state index in [1.165, 1.54) is 22.6 Å². The number of hydrogen-bond donors (Lipinski definition) is 0. The van der Waals surface area contributed by atoms with Gasteiger partial charge >= 0.3 is 12.1 Å². The maximum absolute atomic E-state index is 12.8. The molecule has 0 fully saturated rings. The topological polar surface area (TPSA) is 42.9 Å². The van der Waals surface area contributed by atoms with Gasteiger partial charge in [0, 0.05) is 3.57 Å². The second kappa shape index (κ2) is 4.18. The summed E-state index contributed by atoms with van der Waals surface area (Å²) >= 11 is 1.42. The van der Waals surface area contributed by atoms with Gasteiger partial charge in [-0.05, 0) is 28.7 Å². The number of halogens is 6. The molecule has 3 nitrogen and oxygen atoms in total. The molecule has 9 heteroatoms. The zero-order valence-electron chi connectivity index (χ0n) is 7.23. The second-order valence-electron chi connectivity index (χ2n) is 2.65. The third kappa shape index (κ3) is 2.28. The number of nitrogens with zero attached hydrogens (tertiary/aromatic N) is 2. The Labute approximate surface area is 99.2 Å². The van der Waals surface area contributed by atoms with Crippen molar-refractivity contribution in [3.05, 3.63) is 21.0 Å². The standard InChI is InChI=1S/C7H2F5IN2O/c8-6(9,7(10,11)12)5-1-3(13)4(2-16)14-15-5/h1-2H. The summed E-state index contributed by atoms with van der Waals surface area (Å²) in [7, 11) is 0. The first-order chi connectivity index (χ1) is 7.20. The average molecular weight is 352 g/mol. The van der Waals surface area contributed by atoms with E-state index in [2.05, 4.69) is 10.2 Å². The number of carbonyl (C=O) groups is 1. The molecule has 0 spiro atoms. The first kappa shape index (κ1) is 13.2. The number of aromatic nitrogens is 2. The maximum atomic E-state index is 12.8. The fraction of sp³-hybridized carbons (Fsp3) is 0.286. The predicted molar refractivity (Wildman–Crippen MR) is 50.1 cm³/mol. The SMILES string of the molecule is O=Cc1nnc(C(F)(F)C(F)(F)F)cc1I. The summed E-state index contributed by atoms with van der Waals surface area (Å²) in [6.07, 6.45) is -5.53. The molecule has 0 atom stereocenters. The lowest BCUT2D eigenvalue weighted by molar-refractivity contribution is -0.291. The first-order valence-corrected chi connectivity index (χ1v) is 4.71. The van der Waals surface area contributed by atoms with Crippen molar-refractivity contribution >= 4 is 28.9 Å². The van der Waals surface area contributed by atoms with Crippen molar-refractivity contribution in [1.82, 2.24) is 10.2 Å². The van der Waals surface area contributed by atoms with E-state index in [0.717, 1.165) is 0 Å². The Balaban J connectivity index is 3.25. The molecule has 0 aliphatic rings. The highest BCUT2D eigenvalue weighted by Crippen LogP contribution is 2.42. The van der Waals surface area contributed by atoms with Crippen LogP contribution in [0.15, 0.2) is 6.07 Å². The normalized spacial score (nSPS) is 12.6. The van der Waals surface area contributed by atoms with E-state index in [-0.39, 0.29) is 15.6 Å². The van der Waals surface area contributed by atoms with Crippen molar-refractivity contribution < 1.29 is 26.7 Å². The van der Waals surface area contributed by atoms with E-state index in [9.17, 15) is 26.7 Å². The number of aldehydes is 1. The van der Waals surface area contributed by atoms with Crippen LogP contribution in [0.4, 0.5) is 22.0 Å². The molecule has 0 saturated heterocycles. The number of hydrogen-bond acceptors (Lipinski definition) is 3. The Morgan fingerprint density at radius 3 is 2.12 bits per heavy atom. The largest absolute Gasteiger partial charge is 0.459 e. The Bertz CT molecular complexity index is 420. The van der Waals surface area contributed by atoms with E-state index >= 15 is 0 Å². The second-order valence-corrected chi connectivity index (χ2v) is 3.81. The van der Waals surface area contributed by atoms with Crippen molar-refractivity contribution in [1.29, 1.82) is 0 Å². The zero-order chi connectivity index (χ0) is 12.6. The molecule has 1 aromatic heterocycles. The Kier molecular flexibility index (Phi) is 3.45. The minimum atomic E-state index is -5.74. The van der Waals surface area contributed by atoms with Gasteiger partial charge in [0.15, 0.2) is 6.29 Å². The van der Waals surface area contributed by atoms with Crippen molar-refractivity contribution in [2.75, 3.05) is 0 Å².